The van der Waals surface area contributed by atoms with Crippen molar-refractivity contribution in [1.29, 1.82) is 0 Å². The zero-order valence-electron chi connectivity index (χ0n) is 21.4. The van der Waals surface area contributed by atoms with Crippen LogP contribution in [0.3, 0.4) is 0 Å². The normalized spacial score (nSPS) is 11.2. The Morgan fingerprint density at radius 3 is 1.97 bits per heavy atom. The van der Waals surface area contributed by atoms with Crippen LogP contribution in [0.5, 0.6) is 0 Å². The van der Waals surface area contributed by atoms with Crippen LogP contribution in [0.4, 0.5) is 0 Å². The number of hydrogen-bond donors (Lipinski definition) is 0. The molecule has 0 aliphatic heterocycles. The fourth-order valence-electron chi connectivity index (χ4n) is 2.87. The summed E-state index contributed by atoms with van der Waals surface area (Å²) in [6.07, 6.45) is 12.6. The lowest BCUT2D eigenvalue weighted by molar-refractivity contribution is -0.265. The number of carbonyl (C=O) groups excluding carboxylic acids is 2. The van der Waals surface area contributed by atoms with Gasteiger partial charge in [0.1, 0.15) is 19.0 Å². The molecule has 0 aliphatic carbocycles. The van der Waals surface area contributed by atoms with Gasteiger partial charge >= 0.3 is 11.9 Å². The van der Waals surface area contributed by atoms with Gasteiger partial charge in [0.2, 0.25) is 0 Å². The van der Waals surface area contributed by atoms with Crippen LogP contribution >= 0.6 is 11.8 Å². The summed E-state index contributed by atoms with van der Waals surface area (Å²) in [5.41, 5.74) is -0.248. The molecule has 0 bridgehead atoms. The molecule has 0 spiro atoms. The van der Waals surface area contributed by atoms with E-state index < -0.39 is 11.4 Å². The third-order valence-corrected chi connectivity index (χ3v) is 6.39. The first-order valence-electron chi connectivity index (χ1n) is 12.3. The third-order valence-electron chi connectivity index (χ3n) is 4.93. The Balaban J connectivity index is 3.72. The maximum absolute atomic E-state index is 12.4. The van der Waals surface area contributed by atoms with E-state index in [0.29, 0.717) is 29.4 Å². The first-order valence-corrected chi connectivity index (χ1v) is 13.4. The van der Waals surface area contributed by atoms with Crippen molar-refractivity contribution in [1.82, 2.24) is 0 Å². The van der Waals surface area contributed by atoms with E-state index in [-0.39, 0.29) is 19.2 Å². The van der Waals surface area contributed by atoms with Crippen LogP contribution in [0.2, 0.25) is 0 Å². The van der Waals surface area contributed by atoms with Gasteiger partial charge in [0, 0.05) is 11.3 Å². The number of unbranched alkanes of at least 4 members (excludes halogenated alkanes) is 9. The Bertz CT molecular complexity index is 573. The van der Waals surface area contributed by atoms with Gasteiger partial charge < -0.3 is 14.4 Å². The van der Waals surface area contributed by atoms with Crippen molar-refractivity contribution in [2.45, 2.75) is 91.9 Å². The van der Waals surface area contributed by atoms with Gasteiger partial charge in [0.15, 0.2) is 0 Å². The molecule has 6 nitrogen and oxygen atoms in total. The van der Waals surface area contributed by atoms with E-state index in [1.165, 1.54) is 63.1 Å². The molecule has 0 aromatic rings. The van der Waals surface area contributed by atoms with Gasteiger partial charge in [0.05, 0.1) is 17.8 Å². The van der Waals surface area contributed by atoms with Gasteiger partial charge in [-0.05, 0) is 27.2 Å². The van der Waals surface area contributed by atoms with Crippen molar-refractivity contribution in [3.05, 3.63) is 24.5 Å². The number of rotatable bonds is 22. The number of carbonyl (C=O) groups is 2. The van der Waals surface area contributed by atoms with Gasteiger partial charge in [-0.25, -0.2) is 4.79 Å². The smallest absolute Gasteiger partial charge is 0.333 e. The standard InChI is InChI=1S/C26H46O6S/c1-7-8-9-10-11-12-13-14-15-16-17-30-25(28)26(5,6)21-33-20-23(4)32-31-19-18-29-24(27)22(2)3/h2,4,7-21H2,1,3,5-6H3. The molecule has 0 saturated carbocycles. The van der Waals surface area contributed by atoms with Crippen LogP contribution in [0.25, 0.3) is 0 Å². The summed E-state index contributed by atoms with van der Waals surface area (Å²) >= 11 is 1.53. The average molecular weight is 487 g/mol. The lowest BCUT2D eigenvalue weighted by Gasteiger charge is -2.22. The van der Waals surface area contributed by atoms with Crippen molar-refractivity contribution in [3.8, 4) is 0 Å². The lowest BCUT2D eigenvalue weighted by Crippen LogP contribution is -2.29. The molecule has 0 atom stereocenters. The Hall–Kier alpha value is -1.47. The SMILES string of the molecule is C=C(CSCC(C)(C)C(=O)OCCCCCCCCCCCC)OOCCOC(=O)C(=C)C. The molecule has 0 radical (unpaired) electrons. The van der Waals surface area contributed by atoms with E-state index in [4.69, 9.17) is 19.2 Å². The van der Waals surface area contributed by atoms with E-state index in [1.54, 1.807) is 6.92 Å². The van der Waals surface area contributed by atoms with Crippen molar-refractivity contribution in [2.75, 3.05) is 31.3 Å². The zero-order valence-corrected chi connectivity index (χ0v) is 22.2. The van der Waals surface area contributed by atoms with Crippen molar-refractivity contribution < 1.29 is 28.8 Å². The summed E-state index contributed by atoms with van der Waals surface area (Å²) in [5.74, 6) is 0.868. The van der Waals surface area contributed by atoms with E-state index in [9.17, 15) is 9.59 Å². The third kappa shape index (κ3) is 18.6. The topological polar surface area (TPSA) is 71.1 Å². The maximum Gasteiger partial charge on any atom is 0.333 e. The summed E-state index contributed by atoms with van der Waals surface area (Å²) in [5, 5.41) is 0. The van der Waals surface area contributed by atoms with Crippen molar-refractivity contribution in [3.63, 3.8) is 0 Å². The van der Waals surface area contributed by atoms with Gasteiger partial charge in [-0.3, -0.25) is 4.79 Å². The second kappa shape index (κ2) is 20.0. The van der Waals surface area contributed by atoms with Crippen LogP contribution in [-0.2, 0) is 28.8 Å². The van der Waals surface area contributed by atoms with Gasteiger partial charge in [-0.15, -0.1) is 0 Å². The lowest BCUT2D eigenvalue weighted by atomic mass is 9.97. The Labute approximate surface area is 205 Å². The van der Waals surface area contributed by atoms with Gasteiger partial charge in [-0.2, -0.15) is 16.6 Å². The summed E-state index contributed by atoms with van der Waals surface area (Å²) in [7, 11) is 0. The highest BCUT2D eigenvalue weighted by Gasteiger charge is 2.29. The molecule has 0 amide bonds. The molecule has 192 valence electrons. The van der Waals surface area contributed by atoms with Gasteiger partial charge in [0.25, 0.3) is 0 Å². The van der Waals surface area contributed by atoms with Gasteiger partial charge in [-0.1, -0.05) is 77.9 Å². The molecule has 0 aromatic heterocycles. The summed E-state index contributed by atoms with van der Waals surface area (Å²) in [6.45, 7) is 15.5. The monoisotopic (exact) mass is 486 g/mol. The summed E-state index contributed by atoms with van der Waals surface area (Å²) < 4.78 is 10.4. The average Bonchev–Trinajstić information content (AvgIpc) is 2.76. The molecule has 33 heavy (non-hydrogen) atoms. The first-order chi connectivity index (χ1) is 15.7. The molecular weight excluding hydrogens is 440 g/mol. The maximum atomic E-state index is 12.4. The molecule has 0 rings (SSSR count). The van der Waals surface area contributed by atoms with Crippen LogP contribution in [0.15, 0.2) is 24.5 Å². The molecule has 0 aliphatic rings. The molecule has 0 saturated heterocycles. The van der Waals surface area contributed by atoms with Crippen LogP contribution in [0.1, 0.15) is 91.9 Å². The highest BCUT2D eigenvalue weighted by Crippen LogP contribution is 2.25. The molecule has 0 heterocycles. The number of ether oxygens (including phenoxy) is 2. The van der Waals surface area contributed by atoms with Crippen LogP contribution in [-0.4, -0.2) is 43.3 Å². The quantitative estimate of drug-likeness (QED) is 0.0416. The molecule has 0 aromatic carbocycles. The zero-order chi connectivity index (χ0) is 25.0. The highest BCUT2D eigenvalue weighted by molar-refractivity contribution is 7.99. The van der Waals surface area contributed by atoms with Crippen LogP contribution in [0, 0.1) is 5.41 Å². The molecule has 7 heteroatoms. The Morgan fingerprint density at radius 1 is 0.818 bits per heavy atom. The summed E-state index contributed by atoms with van der Waals surface area (Å²) in [6, 6.07) is 0. The fourth-order valence-corrected chi connectivity index (χ4v) is 3.88. The molecule has 0 unspecified atom stereocenters. The van der Waals surface area contributed by atoms with E-state index in [2.05, 4.69) is 20.1 Å². The minimum Gasteiger partial charge on any atom is -0.465 e. The minimum atomic E-state index is -0.582. The largest absolute Gasteiger partial charge is 0.465 e. The van der Waals surface area contributed by atoms with E-state index >= 15 is 0 Å². The first kappa shape index (κ1) is 31.5. The van der Waals surface area contributed by atoms with E-state index in [1.807, 2.05) is 13.8 Å². The second-order valence-corrected chi connectivity index (χ2v) is 10.0. The number of thioether (sulfide) groups is 1. The minimum absolute atomic E-state index is 0.0734. The van der Waals surface area contributed by atoms with E-state index in [0.717, 1.165) is 12.8 Å². The van der Waals surface area contributed by atoms with Crippen molar-refractivity contribution >= 4 is 23.7 Å². The molecular formula is C26H46O6S. The predicted octanol–water partition coefficient (Wildman–Crippen LogP) is 6.79. The highest BCUT2D eigenvalue weighted by atomic mass is 32.2. The summed E-state index contributed by atoms with van der Waals surface area (Å²) in [4.78, 5) is 33.6. The van der Waals surface area contributed by atoms with Crippen LogP contribution < -0.4 is 0 Å². The predicted molar refractivity (Wildman–Crippen MR) is 136 cm³/mol. The Kier molecular flexibility index (Phi) is 19.1. The number of esters is 2. The number of hydrogen-bond acceptors (Lipinski definition) is 7. The molecule has 0 fully saturated rings. The Morgan fingerprint density at radius 2 is 1.39 bits per heavy atom. The molecule has 0 N–H and O–H groups in total. The second-order valence-electron chi connectivity index (χ2n) is 9.05. The van der Waals surface area contributed by atoms with Crippen molar-refractivity contribution in [2.24, 2.45) is 5.41 Å². The fraction of sp³-hybridized carbons (Fsp3) is 0.769.